The van der Waals surface area contributed by atoms with Crippen LogP contribution in [0.2, 0.25) is 0 Å². The lowest BCUT2D eigenvalue weighted by atomic mass is 10.3. The van der Waals surface area contributed by atoms with Crippen LogP contribution in [0.5, 0.6) is 5.75 Å². The second-order valence-electron chi connectivity index (χ2n) is 2.60. The van der Waals surface area contributed by atoms with E-state index in [9.17, 15) is 13.6 Å². The quantitative estimate of drug-likeness (QED) is 0.717. The van der Waals surface area contributed by atoms with Crippen LogP contribution in [-0.4, -0.2) is 31.1 Å². The van der Waals surface area contributed by atoms with Crippen molar-refractivity contribution in [1.82, 2.24) is 4.98 Å². The Morgan fingerprint density at radius 1 is 1.53 bits per heavy atom. The maximum absolute atomic E-state index is 11.8. The molecule has 0 saturated heterocycles. The van der Waals surface area contributed by atoms with Gasteiger partial charge in [0.15, 0.2) is 0 Å². The Kier molecular flexibility index (Phi) is 3.96. The third kappa shape index (κ3) is 3.49. The fourth-order valence-corrected chi connectivity index (χ4v) is 0.886. The number of rotatable bonds is 4. The molecule has 0 amide bonds. The first-order valence-corrected chi connectivity index (χ1v) is 4.08. The largest absolute Gasteiger partial charge is 0.486 e. The zero-order valence-electron chi connectivity index (χ0n) is 7.94. The minimum atomic E-state index is -2.56. The van der Waals surface area contributed by atoms with Gasteiger partial charge in [0.05, 0.1) is 18.9 Å². The Morgan fingerprint density at radius 2 is 2.27 bits per heavy atom. The number of pyridine rings is 1. The summed E-state index contributed by atoms with van der Waals surface area (Å²) in [6.45, 7) is -0.730. The van der Waals surface area contributed by atoms with Crippen molar-refractivity contribution in [2.24, 2.45) is 0 Å². The molecule has 0 N–H and O–H groups in total. The van der Waals surface area contributed by atoms with Crippen LogP contribution < -0.4 is 4.74 Å². The first kappa shape index (κ1) is 11.4. The van der Waals surface area contributed by atoms with Crippen molar-refractivity contribution in [2.45, 2.75) is 6.43 Å². The maximum Gasteiger partial charge on any atom is 0.339 e. The van der Waals surface area contributed by atoms with Crippen molar-refractivity contribution >= 4 is 5.97 Å². The highest BCUT2D eigenvalue weighted by atomic mass is 19.3. The summed E-state index contributed by atoms with van der Waals surface area (Å²) in [6.07, 6.45) is -0.0534. The Morgan fingerprint density at radius 3 is 2.87 bits per heavy atom. The second-order valence-corrected chi connectivity index (χ2v) is 2.60. The number of ether oxygens (including phenoxy) is 2. The predicted molar refractivity (Wildman–Crippen MR) is 47.1 cm³/mol. The van der Waals surface area contributed by atoms with Crippen LogP contribution in [0.4, 0.5) is 8.78 Å². The molecule has 0 unspecified atom stereocenters. The first-order chi connectivity index (χ1) is 7.13. The van der Waals surface area contributed by atoms with E-state index in [0.717, 1.165) is 0 Å². The first-order valence-electron chi connectivity index (χ1n) is 4.08. The number of methoxy groups -OCH3 is 1. The van der Waals surface area contributed by atoms with Gasteiger partial charge in [-0.3, -0.25) is 4.98 Å². The zero-order chi connectivity index (χ0) is 11.3. The van der Waals surface area contributed by atoms with Crippen LogP contribution in [0.3, 0.4) is 0 Å². The van der Waals surface area contributed by atoms with Crippen LogP contribution in [0.1, 0.15) is 10.4 Å². The molecule has 0 saturated carbocycles. The highest BCUT2D eigenvalue weighted by Crippen LogP contribution is 2.12. The number of halogens is 2. The van der Waals surface area contributed by atoms with E-state index in [1.54, 1.807) is 0 Å². The standard InChI is InChI=1S/C9H9F2NO3/c1-14-9(13)6-2-7(4-12-3-6)15-5-8(10)11/h2-4,8H,5H2,1H3. The van der Waals surface area contributed by atoms with Crippen molar-refractivity contribution in [3.05, 3.63) is 24.0 Å². The molecule has 0 bridgehead atoms. The number of hydrogen-bond donors (Lipinski definition) is 0. The molecule has 0 aliphatic heterocycles. The number of hydrogen-bond acceptors (Lipinski definition) is 4. The van der Waals surface area contributed by atoms with Crippen LogP contribution in [-0.2, 0) is 4.74 Å². The van der Waals surface area contributed by atoms with Gasteiger partial charge in [-0.15, -0.1) is 0 Å². The highest BCUT2D eigenvalue weighted by Gasteiger charge is 2.08. The molecule has 0 aliphatic rings. The summed E-state index contributed by atoms with van der Waals surface area (Å²) in [6, 6.07) is 1.29. The zero-order valence-corrected chi connectivity index (χ0v) is 7.94. The molecule has 4 nitrogen and oxygen atoms in total. The number of esters is 1. The van der Waals surface area contributed by atoms with Gasteiger partial charge >= 0.3 is 5.97 Å². The molecule has 0 aromatic carbocycles. The fraction of sp³-hybridized carbons (Fsp3) is 0.333. The summed E-state index contributed by atoms with van der Waals surface area (Å²) in [4.78, 5) is 14.7. The molecule has 82 valence electrons. The van der Waals surface area contributed by atoms with Crippen LogP contribution in [0.25, 0.3) is 0 Å². The summed E-state index contributed by atoms with van der Waals surface area (Å²) in [7, 11) is 1.22. The average Bonchev–Trinajstić information content (AvgIpc) is 2.25. The van der Waals surface area contributed by atoms with Crippen molar-refractivity contribution in [3.8, 4) is 5.75 Å². The molecule has 0 atom stereocenters. The number of carbonyl (C=O) groups excluding carboxylic acids is 1. The van der Waals surface area contributed by atoms with Gasteiger partial charge in [0.1, 0.15) is 12.4 Å². The van der Waals surface area contributed by atoms with E-state index in [1.807, 2.05) is 0 Å². The molecule has 1 aromatic rings. The van der Waals surface area contributed by atoms with Crippen LogP contribution in [0.15, 0.2) is 18.5 Å². The normalized spacial score (nSPS) is 10.1. The molecule has 0 radical (unpaired) electrons. The van der Waals surface area contributed by atoms with Gasteiger partial charge in [-0.2, -0.15) is 0 Å². The number of alkyl halides is 2. The predicted octanol–water partition coefficient (Wildman–Crippen LogP) is 1.51. The third-order valence-electron chi connectivity index (χ3n) is 1.51. The maximum atomic E-state index is 11.8. The minimum Gasteiger partial charge on any atom is -0.486 e. The number of carbonyl (C=O) groups is 1. The Hall–Kier alpha value is -1.72. The molecule has 1 aromatic heterocycles. The van der Waals surface area contributed by atoms with Gasteiger partial charge in [-0.05, 0) is 6.07 Å². The van der Waals surface area contributed by atoms with Gasteiger partial charge in [0.2, 0.25) is 0 Å². The van der Waals surface area contributed by atoms with Crippen molar-refractivity contribution in [2.75, 3.05) is 13.7 Å². The van der Waals surface area contributed by atoms with Crippen LogP contribution in [0, 0.1) is 0 Å². The van der Waals surface area contributed by atoms with Gasteiger partial charge < -0.3 is 9.47 Å². The minimum absolute atomic E-state index is 0.109. The molecular weight excluding hydrogens is 208 g/mol. The highest BCUT2D eigenvalue weighted by molar-refractivity contribution is 5.89. The Balaban J connectivity index is 2.70. The lowest BCUT2D eigenvalue weighted by Gasteiger charge is -2.05. The van der Waals surface area contributed by atoms with E-state index in [4.69, 9.17) is 0 Å². The van der Waals surface area contributed by atoms with E-state index in [2.05, 4.69) is 14.5 Å². The smallest absolute Gasteiger partial charge is 0.339 e. The number of aromatic nitrogens is 1. The van der Waals surface area contributed by atoms with Crippen molar-refractivity contribution in [1.29, 1.82) is 0 Å². The molecule has 0 spiro atoms. The van der Waals surface area contributed by atoms with Crippen molar-refractivity contribution in [3.63, 3.8) is 0 Å². The van der Waals surface area contributed by atoms with Gasteiger partial charge in [0.25, 0.3) is 6.43 Å². The van der Waals surface area contributed by atoms with E-state index in [-0.39, 0.29) is 11.3 Å². The summed E-state index contributed by atoms with van der Waals surface area (Å²) < 4.78 is 32.7. The van der Waals surface area contributed by atoms with E-state index >= 15 is 0 Å². The molecule has 15 heavy (non-hydrogen) atoms. The second kappa shape index (κ2) is 5.23. The van der Waals surface area contributed by atoms with Crippen LogP contribution >= 0.6 is 0 Å². The summed E-state index contributed by atoms with van der Waals surface area (Å²) >= 11 is 0. The van der Waals surface area contributed by atoms with Crippen molar-refractivity contribution < 1.29 is 23.0 Å². The summed E-state index contributed by atoms with van der Waals surface area (Å²) in [5, 5.41) is 0. The van der Waals surface area contributed by atoms with Gasteiger partial charge in [-0.25, -0.2) is 13.6 Å². The van der Waals surface area contributed by atoms with E-state index in [1.165, 1.54) is 25.6 Å². The average molecular weight is 217 g/mol. The lowest BCUT2D eigenvalue weighted by Crippen LogP contribution is -2.08. The molecule has 6 heteroatoms. The van der Waals surface area contributed by atoms with E-state index in [0.29, 0.717) is 0 Å². The summed E-state index contributed by atoms with van der Waals surface area (Å²) in [5.41, 5.74) is 0.157. The number of nitrogens with zero attached hydrogens (tertiary/aromatic N) is 1. The molecule has 1 rings (SSSR count). The molecule has 0 aliphatic carbocycles. The fourth-order valence-electron chi connectivity index (χ4n) is 0.886. The SMILES string of the molecule is COC(=O)c1cncc(OCC(F)F)c1. The molecular formula is C9H9F2NO3. The van der Waals surface area contributed by atoms with Gasteiger partial charge in [0, 0.05) is 6.20 Å². The third-order valence-corrected chi connectivity index (χ3v) is 1.51. The summed E-state index contributed by atoms with van der Waals surface area (Å²) in [5.74, 6) is -0.483. The Labute approximate surface area is 84.8 Å². The Bertz CT molecular complexity index is 344. The monoisotopic (exact) mass is 217 g/mol. The van der Waals surface area contributed by atoms with Gasteiger partial charge in [-0.1, -0.05) is 0 Å². The topological polar surface area (TPSA) is 48.4 Å². The van der Waals surface area contributed by atoms with E-state index < -0.39 is 19.0 Å². The molecule has 1 heterocycles. The molecule has 0 fully saturated rings. The lowest BCUT2D eigenvalue weighted by molar-refractivity contribution is 0.0599.